The van der Waals surface area contributed by atoms with Crippen molar-refractivity contribution in [3.05, 3.63) is 35.9 Å². The summed E-state index contributed by atoms with van der Waals surface area (Å²) >= 11 is 0. The molecule has 1 aromatic carbocycles. The van der Waals surface area contributed by atoms with Crippen molar-refractivity contribution in [2.45, 2.75) is 26.5 Å². The lowest BCUT2D eigenvalue weighted by Crippen LogP contribution is -2.21. The first kappa shape index (κ1) is 9.41. The van der Waals surface area contributed by atoms with E-state index in [9.17, 15) is 5.11 Å². The zero-order chi connectivity index (χ0) is 10.2. The minimum Gasteiger partial charge on any atom is -0.372 e. The predicted molar refractivity (Wildman–Crippen MR) is 57.4 cm³/mol. The molecule has 0 spiro atoms. The van der Waals surface area contributed by atoms with Crippen molar-refractivity contribution in [1.29, 1.82) is 0 Å². The average Bonchev–Trinajstić information content (AvgIpc) is 2.41. The largest absolute Gasteiger partial charge is 0.372 e. The third-order valence-electron chi connectivity index (χ3n) is 2.66. The van der Waals surface area contributed by atoms with Gasteiger partial charge in [-0.2, -0.15) is 0 Å². The summed E-state index contributed by atoms with van der Waals surface area (Å²) in [6.45, 7) is 4.24. The second-order valence-corrected chi connectivity index (χ2v) is 4.41. The molecule has 0 saturated carbocycles. The first-order valence-corrected chi connectivity index (χ1v) is 4.91. The quantitative estimate of drug-likeness (QED) is 0.722. The van der Waals surface area contributed by atoms with E-state index in [0.29, 0.717) is 0 Å². The van der Waals surface area contributed by atoms with Crippen molar-refractivity contribution >= 4 is 5.71 Å². The lowest BCUT2D eigenvalue weighted by Gasteiger charge is -2.20. The van der Waals surface area contributed by atoms with Crippen LogP contribution in [0.5, 0.6) is 0 Å². The average molecular weight is 189 g/mol. The fourth-order valence-electron chi connectivity index (χ4n) is 1.98. The Morgan fingerprint density at radius 2 is 1.93 bits per heavy atom. The second kappa shape index (κ2) is 3.21. The molecule has 74 valence electrons. The monoisotopic (exact) mass is 189 g/mol. The third kappa shape index (κ3) is 1.58. The van der Waals surface area contributed by atoms with Crippen LogP contribution >= 0.6 is 0 Å². The molecule has 1 aliphatic rings. The highest BCUT2D eigenvalue weighted by molar-refractivity contribution is 6.05. The number of hydrogen-bond acceptors (Lipinski definition) is 2. The van der Waals surface area contributed by atoms with Gasteiger partial charge in [0.2, 0.25) is 0 Å². The Kier molecular flexibility index (Phi) is 2.16. The van der Waals surface area contributed by atoms with Crippen molar-refractivity contribution < 1.29 is 5.11 Å². The number of aliphatic hydroxyl groups excluding tert-OH is 1. The Hall–Kier alpha value is -1.15. The molecule has 1 heterocycles. The predicted octanol–water partition coefficient (Wildman–Crippen LogP) is 2.22. The molecule has 0 saturated heterocycles. The molecule has 0 aromatic heterocycles. The van der Waals surface area contributed by atoms with Gasteiger partial charge in [-0.1, -0.05) is 44.2 Å². The van der Waals surface area contributed by atoms with Gasteiger partial charge >= 0.3 is 0 Å². The molecule has 0 bridgehead atoms. The van der Waals surface area contributed by atoms with Crippen LogP contribution in [0.2, 0.25) is 0 Å². The van der Waals surface area contributed by atoms with Gasteiger partial charge in [-0.3, -0.25) is 4.99 Å². The van der Waals surface area contributed by atoms with Crippen LogP contribution < -0.4 is 0 Å². The maximum absolute atomic E-state index is 9.51. The van der Waals surface area contributed by atoms with Gasteiger partial charge in [0, 0.05) is 11.8 Å². The molecule has 2 heteroatoms. The molecule has 14 heavy (non-hydrogen) atoms. The Bertz CT molecular complexity index is 354. The van der Waals surface area contributed by atoms with Crippen LogP contribution in [0.1, 0.15) is 25.8 Å². The lowest BCUT2D eigenvalue weighted by atomic mass is 9.83. The van der Waals surface area contributed by atoms with E-state index in [1.54, 1.807) is 0 Å². The first-order valence-electron chi connectivity index (χ1n) is 4.91. The maximum Gasteiger partial charge on any atom is 0.146 e. The van der Waals surface area contributed by atoms with Gasteiger partial charge in [0.15, 0.2) is 0 Å². The highest BCUT2D eigenvalue weighted by atomic mass is 16.3. The topological polar surface area (TPSA) is 32.6 Å². The standard InChI is InChI=1S/C12H15NO/c1-12(2)8-10(14)13-11(12)9-6-4-3-5-7-9/h3-7,10,14H,8H2,1-2H3/t10-/m1/s1. The van der Waals surface area contributed by atoms with Crippen LogP contribution in [0.15, 0.2) is 35.3 Å². The minimum atomic E-state index is -0.528. The summed E-state index contributed by atoms with van der Waals surface area (Å²) in [5.41, 5.74) is 2.13. The maximum atomic E-state index is 9.51. The third-order valence-corrected chi connectivity index (χ3v) is 2.66. The smallest absolute Gasteiger partial charge is 0.146 e. The molecule has 0 radical (unpaired) electrons. The molecule has 0 aliphatic carbocycles. The molecule has 2 rings (SSSR count). The molecule has 2 nitrogen and oxygen atoms in total. The van der Waals surface area contributed by atoms with Crippen LogP contribution in [0.3, 0.4) is 0 Å². The summed E-state index contributed by atoms with van der Waals surface area (Å²) < 4.78 is 0. The van der Waals surface area contributed by atoms with Gasteiger partial charge < -0.3 is 5.11 Å². The molecule has 1 N–H and O–H groups in total. The highest BCUT2D eigenvalue weighted by Crippen LogP contribution is 2.34. The van der Waals surface area contributed by atoms with Gasteiger partial charge in [0.1, 0.15) is 6.23 Å². The zero-order valence-electron chi connectivity index (χ0n) is 8.57. The van der Waals surface area contributed by atoms with E-state index in [2.05, 4.69) is 18.8 Å². The summed E-state index contributed by atoms with van der Waals surface area (Å²) in [4.78, 5) is 4.28. The van der Waals surface area contributed by atoms with Crippen molar-refractivity contribution in [3.8, 4) is 0 Å². The van der Waals surface area contributed by atoms with Crippen molar-refractivity contribution in [2.75, 3.05) is 0 Å². The molecule has 1 aliphatic heterocycles. The summed E-state index contributed by atoms with van der Waals surface area (Å²) in [5, 5.41) is 9.51. The van der Waals surface area contributed by atoms with E-state index in [0.717, 1.165) is 17.7 Å². The summed E-state index contributed by atoms with van der Waals surface area (Å²) in [6.07, 6.45) is 0.192. The fraction of sp³-hybridized carbons (Fsp3) is 0.417. The molecule has 0 unspecified atom stereocenters. The molecule has 1 aromatic rings. The Balaban J connectivity index is 2.40. The summed E-state index contributed by atoms with van der Waals surface area (Å²) in [7, 11) is 0. The van der Waals surface area contributed by atoms with Gasteiger partial charge in [-0.15, -0.1) is 0 Å². The minimum absolute atomic E-state index is 0.0131. The van der Waals surface area contributed by atoms with E-state index in [-0.39, 0.29) is 5.41 Å². The number of benzene rings is 1. The van der Waals surface area contributed by atoms with E-state index in [1.807, 2.05) is 30.3 Å². The van der Waals surface area contributed by atoms with E-state index >= 15 is 0 Å². The molecule has 0 fully saturated rings. The van der Waals surface area contributed by atoms with Gasteiger partial charge in [-0.05, 0) is 5.56 Å². The van der Waals surface area contributed by atoms with Crippen LogP contribution in [-0.4, -0.2) is 17.0 Å². The normalized spacial score (nSPS) is 24.8. The lowest BCUT2D eigenvalue weighted by molar-refractivity contribution is 0.163. The number of aliphatic hydroxyl groups is 1. The van der Waals surface area contributed by atoms with Crippen LogP contribution in [0.25, 0.3) is 0 Å². The number of rotatable bonds is 1. The van der Waals surface area contributed by atoms with Crippen LogP contribution in [0.4, 0.5) is 0 Å². The van der Waals surface area contributed by atoms with Crippen molar-refractivity contribution in [1.82, 2.24) is 0 Å². The van der Waals surface area contributed by atoms with Gasteiger partial charge in [0.25, 0.3) is 0 Å². The second-order valence-electron chi connectivity index (χ2n) is 4.41. The number of aliphatic imine (C=N–C) groups is 1. The van der Waals surface area contributed by atoms with E-state index in [4.69, 9.17) is 0 Å². The Morgan fingerprint density at radius 1 is 1.29 bits per heavy atom. The van der Waals surface area contributed by atoms with Gasteiger partial charge in [-0.25, -0.2) is 0 Å². The molecular weight excluding hydrogens is 174 g/mol. The number of hydrogen-bond donors (Lipinski definition) is 1. The molecule has 0 amide bonds. The van der Waals surface area contributed by atoms with E-state index < -0.39 is 6.23 Å². The fourth-order valence-corrected chi connectivity index (χ4v) is 1.98. The zero-order valence-corrected chi connectivity index (χ0v) is 8.57. The van der Waals surface area contributed by atoms with Gasteiger partial charge in [0.05, 0.1) is 5.71 Å². The summed E-state index contributed by atoms with van der Waals surface area (Å²) in [5.74, 6) is 0. The molecular formula is C12H15NO. The number of nitrogens with zero attached hydrogens (tertiary/aromatic N) is 1. The van der Waals surface area contributed by atoms with Crippen LogP contribution in [-0.2, 0) is 0 Å². The first-order chi connectivity index (χ1) is 6.59. The summed E-state index contributed by atoms with van der Waals surface area (Å²) in [6, 6.07) is 10.1. The highest BCUT2D eigenvalue weighted by Gasteiger charge is 2.34. The molecule has 1 atom stereocenters. The Morgan fingerprint density at radius 3 is 2.43 bits per heavy atom. The SMILES string of the molecule is CC1(C)C[C@@H](O)N=C1c1ccccc1. The van der Waals surface area contributed by atoms with Crippen LogP contribution in [0, 0.1) is 5.41 Å². The Labute approximate surface area is 84.3 Å². The van der Waals surface area contributed by atoms with Crippen molar-refractivity contribution in [3.63, 3.8) is 0 Å². The van der Waals surface area contributed by atoms with E-state index in [1.165, 1.54) is 0 Å². The van der Waals surface area contributed by atoms with Crippen molar-refractivity contribution in [2.24, 2.45) is 10.4 Å².